The summed E-state index contributed by atoms with van der Waals surface area (Å²) < 4.78 is 5.43. The average Bonchev–Trinajstić information content (AvgIpc) is 3.21. The molecule has 0 aliphatic rings. The van der Waals surface area contributed by atoms with Crippen LogP contribution in [0, 0.1) is 0 Å². The third-order valence-electron chi connectivity index (χ3n) is 4.95. The van der Waals surface area contributed by atoms with Gasteiger partial charge < -0.3 is 14.7 Å². The number of urea groups is 1. The Labute approximate surface area is 185 Å². The van der Waals surface area contributed by atoms with Gasteiger partial charge in [0.05, 0.1) is 5.69 Å². The molecular weight excluding hydrogens is 412 g/mol. The van der Waals surface area contributed by atoms with E-state index in [1.807, 2.05) is 75.4 Å². The lowest BCUT2D eigenvalue weighted by Crippen LogP contribution is -2.47. The third kappa shape index (κ3) is 4.70. The molecule has 0 radical (unpaired) electrons. The van der Waals surface area contributed by atoms with Crippen molar-refractivity contribution in [1.82, 2.24) is 15.0 Å². The van der Waals surface area contributed by atoms with Crippen LogP contribution in [-0.2, 0) is 6.54 Å². The first-order valence-corrected chi connectivity index (χ1v) is 10.3. The quantitative estimate of drug-likeness (QED) is 0.404. The van der Waals surface area contributed by atoms with Crippen LogP contribution in [0.5, 0.6) is 0 Å². The number of hydrogen-bond donors (Lipinski definition) is 1. The standard InChI is InChI=1S/C24H23ClN4O2/c1-24(2,3)29(15-21-27-22(28-31-21)17-11-13-18(25)14-12-17)23(30)26-20-10-6-8-16-7-4-5-9-19(16)20/h4-14H,15H2,1-3H3,(H,26,30). The molecule has 1 aromatic heterocycles. The highest BCUT2D eigenvalue weighted by Crippen LogP contribution is 2.26. The number of anilines is 1. The molecule has 0 spiro atoms. The minimum atomic E-state index is -0.469. The lowest BCUT2D eigenvalue weighted by molar-refractivity contribution is 0.140. The second kappa shape index (κ2) is 8.40. The Kier molecular flexibility index (Phi) is 5.65. The molecular formula is C24H23ClN4O2. The first-order chi connectivity index (χ1) is 14.8. The van der Waals surface area contributed by atoms with E-state index < -0.39 is 5.54 Å². The monoisotopic (exact) mass is 434 g/mol. The molecule has 31 heavy (non-hydrogen) atoms. The molecule has 0 aliphatic carbocycles. The first kappa shape index (κ1) is 20.9. The number of fused-ring (bicyclic) bond motifs is 1. The van der Waals surface area contributed by atoms with E-state index in [-0.39, 0.29) is 12.6 Å². The van der Waals surface area contributed by atoms with Crippen LogP contribution in [0.2, 0.25) is 5.02 Å². The van der Waals surface area contributed by atoms with Gasteiger partial charge >= 0.3 is 6.03 Å². The van der Waals surface area contributed by atoms with Crippen LogP contribution >= 0.6 is 11.6 Å². The summed E-state index contributed by atoms with van der Waals surface area (Å²) in [5.41, 5.74) is 1.08. The number of carbonyl (C=O) groups is 1. The maximum atomic E-state index is 13.2. The zero-order chi connectivity index (χ0) is 22.0. The Morgan fingerprint density at radius 2 is 1.74 bits per heavy atom. The van der Waals surface area contributed by atoms with Crippen molar-refractivity contribution in [3.8, 4) is 11.4 Å². The number of nitrogens with zero attached hydrogens (tertiary/aromatic N) is 3. The largest absolute Gasteiger partial charge is 0.337 e. The van der Waals surface area contributed by atoms with Gasteiger partial charge in [-0.3, -0.25) is 0 Å². The number of carbonyl (C=O) groups excluding carboxylic acids is 1. The normalized spacial score (nSPS) is 11.5. The summed E-state index contributed by atoms with van der Waals surface area (Å²) in [5, 5.41) is 9.77. The highest BCUT2D eigenvalue weighted by atomic mass is 35.5. The van der Waals surface area contributed by atoms with E-state index in [2.05, 4.69) is 15.5 Å². The summed E-state index contributed by atoms with van der Waals surface area (Å²) in [6.45, 7) is 6.07. The minimum absolute atomic E-state index is 0.181. The number of halogens is 1. The van der Waals surface area contributed by atoms with Crippen molar-refractivity contribution in [2.75, 3.05) is 5.32 Å². The fourth-order valence-electron chi connectivity index (χ4n) is 3.30. The molecule has 2 amide bonds. The summed E-state index contributed by atoms with van der Waals surface area (Å²) in [5.74, 6) is 0.808. The Balaban J connectivity index is 1.57. The van der Waals surface area contributed by atoms with E-state index >= 15 is 0 Å². The van der Waals surface area contributed by atoms with Gasteiger partial charge in [-0.1, -0.05) is 53.2 Å². The number of benzene rings is 3. The van der Waals surface area contributed by atoms with E-state index in [9.17, 15) is 4.79 Å². The van der Waals surface area contributed by atoms with Crippen molar-refractivity contribution >= 4 is 34.1 Å². The van der Waals surface area contributed by atoms with Gasteiger partial charge in [0.15, 0.2) is 0 Å². The molecule has 0 bridgehead atoms. The van der Waals surface area contributed by atoms with Crippen molar-refractivity contribution in [1.29, 1.82) is 0 Å². The zero-order valence-electron chi connectivity index (χ0n) is 17.6. The fraction of sp³-hybridized carbons (Fsp3) is 0.208. The molecule has 1 N–H and O–H groups in total. The summed E-state index contributed by atoms with van der Waals surface area (Å²) >= 11 is 5.95. The molecule has 4 rings (SSSR count). The molecule has 0 fully saturated rings. The molecule has 158 valence electrons. The van der Waals surface area contributed by atoms with E-state index in [1.165, 1.54) is 0 Å². The molecule has 0 unspecified atom stereocenters. The number of amides is 2. The van der Waals surface area contributed by atoms with E-state index in [0.29, 0.717) is 16.7 Å². The van der Waals surface area contributed by atoms with Crippen molar-refractivity contribution in [2.45, 2.75) is 32.9 Å². The number of nitrogens with one attached hydrogen (secondary N) is 1. The first-order valence-electron chi connectivity index (χ1n) is 9.96. The minimum Gasteiger partial charge on any atom is -0.337 e. The predicted octanol–water partition coefficient (Wildman–Crippen LogP) is 6.38. The van der Waals surface area contributed by atoms with E-state index in [0.717, 1.165) is 22.0 Å². The third-order valence-corrected chi connectivity index (χ3v) is 5.20. The van der Waals surface area contributed by atoms with Crippen LogP contribution in [0.15, 0.2) is 71.3 Å². The van der Waals surface area contributed by atoms with Crippen LogP contribution < -0.4 is 5.32 Å². The second-order valence-electron chi connectivity index (χ2n) is 8.23. The van der Waals surface area contributed by atoms with Gasteiger partial charge in [-0.2, -0.15) is 4.98 Å². The molecule has 0 saturated carbocycles. The number of aromatic nitrogens is 2. The van der Waals surface area contributed by atoms with Gasteiger partial charge in [0.2, 0.25) is 11.7 Å². The van der Waals surface area contributed by atoms with Crippen molar-refractivity contribution in [3.63, 3.8) is 0 Å². The summed E-state index contributed by atoms with van der Waals surface area (Å²) in [6, 6.07) is 20.7. The molecule has 0 atom stereocenters. The van der Waals surface area contributed by atoms with Crippen LogP contribution in [-0.4, -0.2) is 26.6 Å². The number of hydrogen-bond acceptors (Lipinski definition) is 4. The highest BCUT2D eigenvalue weighted by molar-refractivity contribution is 6.30. The average molecular weight is 435 g/mol. The lowest BCUT2D eigenvalue weighted by atomic mass is 10.1. The van der Waals surface area contributed by atoms with Crippen LogP contribution in [0.4, 0.5) is 10.5 Å². The topological polar surface area (TPSA) is 71.3 Å². The Morgan fingerprint density at radius 3 is 2.48 bits per heavy atom. The SMILES string of the molecule is CC(C)(C)N(Cc1nc(-c2ccc(Cl)cc2)no1)C(=O)Nc1cccc2ccccc12. The second-order valence-corrected chi connectivity index (χ2v) is 8.67. The van der Waals surface area contributed by atoms with Crippen molar-refractivity contribution < 1.29 is 9.32 Å². The van der Waals surface area contributed by atoms with Gasteiger partial charge in [0.1, 0.15) is 6.54 Å². The molecule has 1 heterocycles. The molecule has 3 aromatic carbocycles. The van der Waals surface area contributed by atoms with Gasteiger partial charge in [-0.15, -0.1) is 0 Å². The van der Waals surface area contributed by atoms with Gasteiger partial charge in [-0.25, -0.2) is 4.79 Å². The zero-order valence-corrected chi connectivity index (χ0v) is 18.3. The smallest absolute Gasteiger partial charge is 0.322 e. The van der Waals surface area contributed by atoms with E-state index in [1.54, 1.807) is 17.0 Å². The summed E-state index contributed by atoms with van der Waals surface area (Å²) in [7, 11) is 0. The van der Waals surface area contributed by atoms with Gasteiger partial charge in [-0.05, 0) is 56.5 Å². The lowest BCUT2D eigenvalue weighted by Gasteiger charge is -2.34. The Morgan fingerprint density at radius 1 is 1.03 bits per heavy atom. The van der Waals surface area contributed by atoms with Crippen molar-refractivity contribution in [2.24, 2.45) is 0 Å². The maximum Gasteiger partial charge on any atom is 0.322 e. The maximum absolute atomic E-state index is 13.2. The van der Waals surface area contributed by atoms with Gasteiger partial charge in [0, 0.05) is 21.5 Å². The summed E-state index contributed by atoms with van der Waals surface area (Å²) in [4.78, 5) is 19.4. The van der Waals surface area contributed by atoms with Crippen LogP contribution in [0.3, 0.4) is 0 Å². The molecule has 6 nitrogen and oxygen atoms in total. The van der Waals surface area contributed by atoms with Crippen LogP contribution in [0.25, 0.3) is 22.2 Å². The van der Waals surface area contributed by atoms with Crippen LogP contribution in [0.1, 0.15) is 26.7 Å². The van der Waals surface area contributed by atoms with E-state index in [4.69, 9.17) is 16.1 Å². The summed E-state index contributed by atoms with van der Waals surface area (Å²) in [6.07, 6.45) is 0. The van der Waals surface area contributed by atoms with Crippen molar-refractivity contribution in [3.05, 3.63) is 77.6 Å². The Hall–Kier alpha value is -3.38. The molecule has 7 heteroatoms. The number of rotatable bonds is 4. The molecule has 0 aliphatic heterocycles. The predicted molar refractivity (Wildman–Crippen MR) is 123 cm³/mol. The molecule has 4 aromatic rings. The fourth-order valence-corrected chi connectivity index (χ4v) is 3.43. The Bertz CT molecular complexity index is 1210. The highest BCUT2D eigenvalue weighted by Gasteiger charge is 2.29. The molecule has 0 saturated heterocycles. The van der Waals surface area contributed by atoms with Gasteiger partial charge in [0.25, 0.3) is 0 Å².